The Morgan fingerprint density at radius 2 is 1.57 bits per heavy atom. The second kappa shape index (κ2) is 5.74. The van der Waals surface area contributed by atoms with E-state index in [-0.39, 0.29) is 5.82 Å². The molecule has 0 radical (unpaired) electrons. The summed E-state index contributed by atoms with van der Waals surface area (Å²) in [6.45, 7) is 2.84. The van der Waals surface area contributed by atoms with Crippen LogP contribution < -0.4 is 0 Å². The molecule has 3 heteroatoms. The largest absolute Gasteiger partial charge is 0.340 e. The summed E-state index contributed by atoms with van der Waals surface area (Å²) in [6, 6.07) is 18.6. The Bertz CT molecular complexity index is 742. The Morgan fingerprint density at radius 1 is 0.905 bits per heavy atom. The summed E-state index contributed by atoms with van der Waals surface area (Å²) < 4.78 is 15.3. The summed E-state index contributed by atoms with van der Waals surface area (Å²) >= 11 is 5.92. The molecule has 1 aromatic heterocycles. The van der Waals surface area contributed by atoms with Gasteiger partial charge in [0.2, 0.25) is 0 Å². The van der Waals surface area contributed by atoms with Crippen LogP contribution in [0.3, 0.4) is 0 Å². The lowest BCUT2D eigenvalue weighted by molar-refractivity contribution is 0.628. The molecular weight excluding hydrogens is 285 g/mol. The molecular formula is C18H15ClFN. The van der Waals surface area contributed by atoms with E-state index in [1.54, 1.807) is 0 Å². The van der Waals surface area contributed by atoms with Crippen LogP contribution in [0.2, 0.25) is 5.02 Å². The van der Waals surface area contributed by atoms with Gasteiger partial charge in [-0.3, -0.25) is 0 Å². The fraction of sp³-hybridized carbons (Fsp3) is 0.111. The van der Waals surface area contributed by atoms with Crippen molar-refractivity contribution in [2.75, 3.05) is 0 Å². The first-order valence-electron chi connectivity index (χ1n) is 6.80. The third-order valence-electron chi connectivity index (χ3n) is 3.59. The molecule has 0 fully saturated rings. The van der Waals surface area contributed by atoms with Gasteiger partial charge in [0, 0.05) is 23.0 Å². The average molecular weight is 300 g/mol. The quantitative estimate of drug-likeness (QED) is 0.618. The third kappa shape index (κ3) is 3.01. The number of hydrogen-bond donors (Lipinski definition) is 0. The van der Waals surface area contributed by atoms with Crippen LogP contribution in [0.5, 0.6) is 0 Å². The molecule has 3 aromatic rings. The van der Waals surface area contributed by atoms with E-state index >= 15 is 0 Å². The van der Waals surface area contributed by atoms with Crippen molar-refractivity contribution >= 4 is 11.6 Å². The molecule has 1 heterocycles. The molecule has 0 bridgehead atoms. The van der Waals surface area contributed by atoms with Crippen molar-refractivity contribution in [1.29, 1.82) is 0 Å². The van der Waals surface area contributed by atoms with Gasteiger partial charge >= 0.3 is 0 Å². The number of aryl methyl sites for hydroxylation is 1. The van der Waals surface area contributed by atoms with Crippen molar-refractivity contribution < 1.29 is 4.39 Å². The van der Waals surface area contributed by atoms with Gasteiger partial charge in [-0.15, -0.1) is 0 Å². The molecule has 0 aliphatic heterocycles. The zero-order chi connectivity index (χ0) is 14.8. The molecule has 0 unspecified atom stereocenters. The van der Waals surface area contributed by atoms with E-state index in [0.717, 1.165) is 22.8 Å². The lowest BCUT2D eigenvalue weighted by Crippen LogP contribution is -2.03. The highest BCUT2D eigenvalue weighted by molar-refractivity contribution is 6.30. The van der Waals surface area contributed by atoms with Crippen molar-refractivity contribution in [3.63, 3.8) is 0 Å². The van der Waals surface area contributed by atoms with E-state index in [4.69, 9.17) is 11.6 Å². The summed E-state index contributed by atoms with van der Waals surface area (Å²) in [7, 11) is 0. The average Bonchev–Trinajstić information content (AvgIpc) is 2.84. The fourth-order valence-electron chi connectivity index (χ4n) is 2.42. The summed E-state index contributed by atoms with van der Waals surface area (Å²) in [5, 5.41) is 0.738. The van der Waals surface area contributed by atoms with Crippen molar-refractivity contribution in [2.24, 2.45) is 0 Å². The summed E-state index contributed by atoms with van der Waals surface area (Å²) in [5.41, 5.74) is 4.45. The summed E-state index contributed by atoms with van der Waals surface area (Å²) in [4.78, 5) is 0. The predicted octanol–water partition coefficient (Wildman–Crippen LogP) is 5.30. The molecule has 106 valence electrons. The molecule has 0 N–H and O–H groups in total. The van der Waals surface area contributed by atoms with Crippen molar-refractivity contribution in [3.8, 4) is 11.3 Å². The zero-order valence-corrected chi connectivity index (χ0v) is 12.4. The topological polar surface area (TPSA) is 4.93 Å². The Hall–Kier alpha value is -2.06. The Labute approximate surface area is 128 Å². The van der Waals surface area contributed by atoms with Crippen LogP contribution in [-0.2, 0) is 6.54 Å². The Kier molecular flexibility index (Phi) is 3.80. The van der Waals surface area contributed by atoms with Crippen LogP contribution in [0.4, 0.5) is 4.39 Å². The van der Waals surface area contributed by atoms with Gasteiger partial charge in [-0.2, -0.15) is 0 Å². The Morgan fingerprint density at radius 3 is 2.24 bits per heavy atom. The van der Waals surface area contributed by atoms with Crippen LogP contribution in [0, 0.1) is 12.7 Å². The van der Waals surface area contributed by atoms with Gasteiger partial charge in [0.25, 0.3) is 0 Å². The molecule has 0 spiro atoms. The van der Waals surface area contributed by atoms with Gasteiger partial charge < -0.3 is 4.57 Å². The van der Waals surface area contributed by atoms with E-state index < -0.39 is 0 Å². The minimum Gasteiger partial charge on any atom is -0.340 e. The number of hydrogen-bond acceptors (Lipinski definition) is 0. The van der Waals surface area contributed by atoms with Gasteiger partial charge in [-0.25, -0.2) is 4.39 Å². The smallest absolute Gasteiger partial charge is 0.123 e. The summed E-state index contributed by atoms with van der Waals surface area (Å²) in [5.74, 6) is -0.216. The maximum Gasteiger partial charge on any atom is 0.123 e. The second-order valence-corrected chi connectivity index (χ2v) is 5.52. The number of halogens is 2. The Balaban J connectivity index is 1.97. The van der Waals surface area contributed by atoms with Crippen molar-refractivity contribution in [1.82, 2.24) is 4.57 Å². The minimum atomic E-state index is -0.216. The van der Waals surface area contributed by atoms with E-state index in [9.17, 15) is 4.39 Å². The molecule has 1 nitrogen and oxygen atoms in total. The van der Waals surface area contributed by atoms with Gasteiger partial charge in [-0.05, 0) is 66.6 Å². The van der Waals surface area contributed by atoms with Gasteiger partial charge in [0.15, 0.2) is 0 Å². The predicted molar refractivity (Wildman–Crippen MR) is 85.1 cm³/mol. The molecule has 0 saturated heterocycles. The highest BCUT2D eigenvalue weighted by Crippen LogP contribution is 2.24. The van der Waals surface area contributed by atoms with Crippen LogP contribution in [0.25, 0.3) is 11.3 Å². The molecule has 0 atom stereocenters. The fourth-order valence-corrected chi connectivity index (χ4v) is 2.55. The highest BCUT2D eigenvalue weighted by Gasteiger charge is 2.08. The monoisotopic (exact) mass is 299 g/mol. The van der Waals surface area contributed by atoms with Crippen LogP contribution in [-0.4, -0.2) is 4.57 Å². The lowest BCUT2D eigenvalue weighted by atomic mass is 10.1. The number of nitrogens with zero attached hydrogens (tertiary/aromatic N) is 1. The lowest BCUT2D eigenvalue weighted by Gasteiger charge is -2.12. The van der Waals surface area contributed by atoms with Crippen LogP contribution >= 0.6 is 11.6 Å². The van der Waals surface area contributed by atoms with Gasteiger partial charge in [0.05, 0.1) is 0 Å². The van der Waals surface area contributed by atoms with Gasteiger partial charge in [-0.1, -0.05) is 23.7 Å². The van der Waals surface area contributed by atoms with Crippen LogP contribution in [0.15, 0.2) is 60.7 Å². The maximum atomic E-state index is 13.1. The second-order valence-electron chi connectivity index (χ2n) is 5.08. The molecule has 0 saturated carbocycles. The van der Waals surface area contributed by atoms with Crippen molar-refractivity contribution in [3.05, 3.63) is 82.8 Å². The molecule has 2 aromatic carbocycles. The highest BCUT2D eigenvalue weighted by atomic mass is 35.5. The van der Waals surface area contributed by atoms with Crippen LogP contribution in [0.1, 0.15) is 11.3 Å². The molecule has 0 aliphatic carbocycles. The molecule has 21 heavy (non-hydrogen) atoms. The number of rotatable bonds is 3. The zero-order valence-electron chi connectivity index (χ0n) is 11.7. The first kappa shape index (κ1) is 13.9. The van der Waals surface area contributed by atoms with E-state index in [1.807, 2.05) is 36.4 Å². The third-order valence-corrected chi connectivity index (χ3v) is 3.84. The minimum absolute atomic E-state index is 0.216. The normalized spacial score (nSPS) is 10.8. The van der Waals surface area contributed by atoms with Crippen molar-refractivity contribution in [2.45, 2.75) is 13.5 Å². The summed E-state index contributed by atoms with van der Waals surface area (Å²) in [6.07, 6.45) is 0. The SMILES string of the molecule is Cc1ccc(-c2ccc(F)cc2)n1Cc1ccc(Cl)cc1. The standard InChI is InChI=1S/C18H15ClFN/c1-13-2-11-18(15-5-9-17(20)10-6-15)21(13)12-14-3-7-16(19)8-4-14/h2-11H,12H2,1H3. The maximum absolute atomic E-state index is 13.1. The van der Waals surface area contributed by atoms with Gasteiger partial charge in [0.1, 0.15) is 5.82 Å². The first-order valence-corrected chi connectivity index (χ1v) is 7.18. The van der Waals surface area contributed by atoms with E-state index in [0.29, 0.717) is 0 Å². The first-order chi connectivity index (χ1) is 10.1. The molecule has 0 aliphatic rings. The molecule has 3 rings (SSSR count). The molecule has 0 amide bonds. The number of aromatic nitrogens is 1. The number of benzene rings is 2. The van der Waals surface area contributed by atoms with E-state index in [1.165, 1.54) is 23.4 Å². The van der Waals surface area contributed by atoms with E-state index in [2.05, 4.69) is 23.6 Å².